The number of hydrogen-bond acceptors (Lipinski definition) is 7. The maximum absolute atomic E-state index is 13.5. The van der Waals surface area contributed by atoms with Crippen LogP contribution >= 0.6 is 23.1 Å². The van der Waals surface area contributed by atoms with Gasteiger partial charge in [0, 0.05) is 24.6 Å². The number of thiazole rings is 1. The molecule has 0 spiro atoms. The van der Waals surface area contributed by atoms with Crippen molar-refractivity contribution in [3.63, 3.8) is 0 Å². The quantitative estimate of drug-likeness (QED) is 0.579. The van der Waals surface area contributed by atoms with Gasteiger partial charge in [-0.2, -0.15) is 10.1 Å². The van der Waals surface area contributed by atoms with Crippen LogP contribution in [0.5, 0.6) is 5.75 Å². The number of para-hydroxylation sites is 1. The van der Waals surface area contributed by atoms with E-state index in [1.165, 1.54) is 16.3 Å². The minimum atomic E-state index is -0.223. The van der Waals surface area contributed by atoms with Crippen molar-refractivity contribution in [1.29, 1.82) is 0 Å². The number of nitrogens with zero attached hydrogens (tertiary/aromatic N) is 4. The lowest BCUT2D eigenvalue weighted by molar-refractivity contribution is -0.112. The van der Waals surface area contributed by atoms with Gasteiger partial charge in [0.1, 0.15) is 20.0 Å². The van der Waals surface area contributed by atoms with E-state index in [1.54, 1.807) is 23.4 Å². The molecule has 33 heavy (non-hydrogen) atoms. The fourth-order valence-electron chi connectivity index (χ4n) is 3.97. The summed E-state index contributed by atoms with van der Waals surface area (Å²) < 4.78 is 8.28. The number of thioether (sulfide) groups is 1. The molecule has 2 aliphatic rings. The molecule has 0 bridgehead atoms. The molecule has 0 saturated heterocycles. The zero-order valence-electron chi connectivity index (χ0n) is 18.7. The van der Waals surface area contributed by atoms with Crippen LogP contribution in [0, 0.1) is 0 Å². The lowest BCUT2D eigenvalue weighted by atomic mass is 10.2. The predicted octanol–water partition coefficient (Wildman–Crippen LogP) is 2.82. The first kappa shape index (κ1) is 21.5. The summed E-state index contributed by atoms with van der Waals surface area (Å²) in [7, 11) is 3.58. The smallest absolute Gasteiger partial charge is 0.283 e. The molecule has 3 aromatic rings. The van der Waals surface area contributed by atoms with E-state index < -0.39 is 0 Å². The Morgan fingerprint density at radius 3 is 2.55 bits per heavy atom. The van der Waals surface area contributed by atoms with Crippen LogP contribution in [0.25, 0.3) is 10.6 Å². The second-order valence-corrected chi connectivity index (χ2v) is 9.63. The number of ether oxygens (including phenoxy) is 1. The number of fused-ring (bicyclic) bond motifs is 1. The van der Waals surface area contributed by atoms with Crippen LogP contribution in [0.1, 0.15) is 13.8 Å². The highest BCUT2D eigenvalue weighted by Gasteiger charge is 2.32. The van der Waals surface area contributed by atoms with Crippen molar-refractivity contribution in [2.45, 2.75) is 25.3 Å². The first-order chi connectivity index (χ1) is 15.9. The molecule has 7 nitrogen and oxygen atoms in total. The molecule has 2 aliphatic heterocycles. The van der Waals surface area contributed by atoms with E-state index in [0.29, 0.717) is 32.7 Å². The zero-order chi connectivity index (χ0) is 23.3. The summed E-state index contributed by atoms with van der Waals surface area (Å²) >= 11 is 2.90. The van der Waals surface area contributed by atoms with E-state index in [2.05, 4.69) is 5.10 Å². The fourth-order valence-corrected chi connectivity index (χ4v) is 6.55. The van der Waals surface area contributed by atoms with E-state index in [4.69, 9.17) is 4.74 Å². The van der Waals surface area contributed by atoms with Gasteiger partial charge in [-0.15, -0.1) is 11.3 Å². The number of hydrogen-bond donors (Lipinski definition) is 0. The van der Waals surface area contributed by atoms with E-state index in [1.807, 2.05) is 74.3 Å². The topological polar surface area (TPSA) is 67.1 Å². The first-order valence-electron chi connectivity index (χ1n) is 10.5. The molecule has 0 radical (unpaired) electrons. The van der Waals surface area contributed by atoms with Crippen LogP contribution in [0.3, 0.4) is 0 Å². The second kappa shape index (κ2) is 8.24. The van der Waals surface area contributed by atoms with Gasteiger partial charge in [0.05, 0.1) is 29.8 Å². The molecule has 0 fully saturated rings. The van der Waals surface area contributed by atoms with Gasteiger partial charge < -0.3 is 9.64 Å². The summed E-state index contributed by atoms with van der Waals surface area (Å²) in [6, 6.07) is 15.2. The highest BCUT2D eigenvalue weighted by atomic mass is 32.2. The van der Waals surface area contributed by atoms with Crippen molar-refractivity contribution in [1.82, 2.24) is 4.57 Å². The molecule has 1 amide bonds. The number of carbonyl (C=O) groups excluding carboxylic acids is 1. The van der Waals surface area contributed by atoms with Crippen LogP contribution in [-0.2, 0) is 11.3 Å². The average molecular weight is 479 g/mol. The van der Waals surface area contributed by atoms with E-state index in [9.17, 15) is 9.59 Å². The molecule has 9 heteroatoms. The van der Waals surface area contributed by atoms with Crippen molar-refractivity contribution in [2.24, 2.45) is 5.10 Å². The van der Waals surface area contributed by atoms with Crippen molar-refractivity contribution >= 4 is 56.7 Å². The highest BCUT2D eigenvalue weighted by molar-refractivity contribution is 8.08. The first-order valence-corrected chi connectivity index (χ1v) is 12.1. The summed E-state index contributed by atoms with van der Waals surface area (Å²) in [5.41, 5.74) is 2.66. The fraction of sp³-hybridized carbons (Fsp3) is 0.208. The van der Waals surface area contributed by atoms with Crippen LogP contribution in [0.15, 0.2) is 63.3 Å². The molecule has 1 aromatic heterocycles. The highest BCUT2D eigenvalue weighted by Crippen LogP contribution is 2.46. The van der Waals surface area contributed by atoms with Gasteiger partial charge in [-0.05, 0) is 38.1 Å². The Morgan fingerprint density at radius 2 is 1.85 bits per heavy atom. The molecular weight excluding hydrogens is 456 g/mol. The number of amides is 1. The molecule has 5 rings (SSSR count). The zero-order valence-corrected chi connectivity index (χ0v) is 20.3. The van der Waals surface area contributed by atoms with Gasteiger partial charge in [0.2, 0.25) is 0 Å². The third-order valence-corrected chi connectivity index (χ3v) is 8.22. The lowest BCUT2D eigenvalue weighted by Crippen LogP contribution is -2.35. The predicted molar refractivity (Wildman–Crippen MR) is 135 cm³/mol. The monoisotopic (exact) mass is 478 g/mol. The van der Waals surface area contributed by atoms with Crippen LogP contribution in [0.4, 0.5) is 11.4 Å². The molecule has 168 valence electrons. The molecule has 0 atom stereocenters. The van der Waals surface area contributed by atoms with Gasteiger partial charge >= 0.3 is 0 Å². The van der Waals surface area contributed by atoms with Gasteiger partial charge in [-0.1, -0.05) is 30.0 Å². The van der Waals surface area contributed by atoms with Crippen molar-refractivity contribution in [3.8, 4) is 5.75 Å². The number of hydrazone groups is 1. The number of carbonyl (C=O) groups is 1. The van der Waals surface area contributed by atoms with Crippen LogP contribution in [0.2, 0.25) is 0 Å². The maximum Gasteiger partial charge on any atom is 0.283 e. The summed E-state index contributed by atoms with van der Waals surface area (Å²) in [6.45, 7) is 4.19. The molecule has 0 aliphatic carbocycles. The number of methoxy groups -OCH3 is 1. The Balaban J connectivity index is 1.70. The Hall–Kier alpha value is -3.30. The van der Waals surface area contributed by atoms with Crippen molar-refractivity contribution < 1.29 is 9.53 Å². The number of anilines is 2. The number of aromatic nitrogens is 1. The van der Waals surface area contributed by atoms with Gasteiger partial charge in [-0.25, -0.2) is 0 Å². The number of benzene rings is 2. The van der Waals surface area contributed by atoms with E-state index >= 15 is 0 Å². The third-order valence-electron chi connectivity index (χ3n) is 5.67. The molecule has 0 N–H and O–H groups in total. The summed E-state index contributed by atoms with van der Waals surface area (Å²) in [4.78, 5) is 29.9. The minimum Gasteiger partial charge on any atom is -0.497 e. The third kappa shape index (κ3) is 3.39. The van der Waals surface area contributed by atoms with E-state index in [0.717, 1.165) is 21.4 Å². The molecule has 3 heterocycles. The van der Waals surface area contributed by atoms with Crippen LogP contribution < -0.4 is 29.4 Å². The van der Waals surface area contributed by atoms with E-state index in [-0.39, 0.29) is 11.5 Å². The maximum atomic E-state index is 13.5. The molecular formula is C24H22N4O3S2. The minimum absolute atomic E-state index is 0.0992. The average Bonchev–Trinajstić information content (AvgIpc) is 3.44. The largest absolute Gasteiger partial charge is 0.497 e. The lowest BCUT2D eigenvalue weighted by Gasteiger charge is -2.13. The Morgan fingerprint density at radius 1 is 1.09 bits per heavy atom. The van der Waals surface area contributed by atoms with Crippen molar-refractivity contribution in [3.05, 3.63) is 68.1 Å². The summed E-state index contributed by atoms with van der Waals surface area (Å²) in [5.74, 6) is 0.541. The standard InChI is InChI=1S/C24H22N4O3S2/c1-5-27-22(30)20(24-26(3)17-13-16(31-4)11-12-18(17)32-24)33-23(27)19-14(2)25-28(21(19)29)15-9-7-6-8-10-15/h6-13H,5H2,1-4H3. The van der Waals surface area contributed by atoms with Gasteiger partial charge in [0.25, 0.3) is 11.5 Å². The van der Waals surface area contributed by atoms with Crippen LogP contribution in [-0.4, -0.2) is 30.3 Å². The summed E-state index contributed by atoms with van der Waals surface area (Å²) in [6.07, 6.45) is 0. The SMILES string of the molecule is CCn1c(=C2C(=O)N(c3ccccc3)N=C2C)sc(=C2Sc3ccc(OC)cc3N2C)c1=O. The Bertz CT molecular complexity index is 1490. The van der Waals surface area contributed by atoms with Gasteiger partial charge in [-0.3, -0.25) is 14.2 Å². The summed E-state index contributed by atoms with van der Waals surface area (Å²) in [5, 5.41) is 6.75. The second-order valence-electron chi connectivity index (χ2n) is 7.60. The van der Waals surface area contributed by atoms with Gasteiger partial charge in [0.15, 0.2) is 0 Å². The molecule has 0 saturated carbocycles. The number of rotatable bonds is 3. The van der Waals surface area contributed by atoms with Crippen molar-refractivity contribution in [2.75, 3.05) is 24.1 Å². The molecule has 0 unspecified atom stereocenters. The Labute approximate surface area is 198 Å². The Kier molecular flexibility index (Phi) is 5.38. The normalized spacial score (nSPS) is 18.7. The molecule has 2 aromatic carbocycles.